The molecule has 0 aromatic carbocycles. The summed E-state index contributed by atoms with van der Waals surface area (Å²) >= 11 is 3.25. The molecule has 2 rings (SSSR count). The van der Waals surface area contributed by atoms with Gasteiger partial charge >= 0.3 is 5.97 Å². The van der Waals surface area contributed by atoms with Crippen LogP contribution >= 0.6 is 15.9 Å². The van der Waals surface area contributed by atoms with Crippen LogP contribution in [-0.2, 0) is 14.6 Å². The number of esters is 1. The number of hydrogen-bond donors (Lipinski definition) is 0. The lowest BCUT2D eigenvalue weighted by Crippen LogP contribution is -2.11. The number of rotatable bonds is 2. The Morgan fingerprint density at radius 1 is 1.44 bits per heavy atom. The van der Waals surface area contributed by atoms with Crippen LogP contribution in [0.5, 0.6) is 0 Å². The van der Waals surface area contributed by atoms with Gasteiger partial charge in [-0.3, -0.25) is 4.40 Å². The molecule has 0 bridgehead atoms. The monoisotopic (exact) mass is 332 g/mol. The van der Waals surface area contributed by atoms with Gasteiger partial charge in [-0.05, 0) is 28.1 Å². The number of halogens is 1. The molecule has 0 fully saturated rings. The number of aromatic nitrogens is 2. The second-order valence-corrected chi connectivity index (χ2v) is 6.31. The standard InChI is InChI=1S/C10H9BrN2O4S/c1-17-10(14)8-9(18(2,15)16)12-7-5-3-4-6(11)13(7)8/h3-5H,1-2H3. The average Bonchev–Trinajstić information content (AvgIpc) is 2.68. The first kappa shape index (κ1) is 13.0. The third-order valence-electron chi connectivity index (χ3n) is 2.29. The van der Waals surface area contributed by atoms with Gasteiger partial charge in [0.2, 0.25) is 0 Å². The van der Waals surface area contributed by atoms with Crippen molar-refractivity contribution in [2.75, 3.05) is 13.4 Å². The number of fused-ring (bicyclic) bond motifs is 1. The summed E-state index contributed by atoms with van der Waals surface area (Å²) in [6, 6.07) is 4.97. The van der Waals surface area contributed by atoms with Gasteiger partial charge in [-0.1, -0.05) is 6.07 Å². The predicted molar refractivity (Wildman–Crippen MR) is 67.3 cm³/mol. The molecule has 0 saturated heterocycles. The number of methoxy groups -OCH3 is 1. The largest absolute Gasteiger partial charge is 0.464 e. The Morgan fingerprint density at radius 2 is 2.11 bits per heavy atom. The highest BCUT2D eigenvalue weighted by Crippen LogP contribution is 2.23. The molecule has 6 nitrogen and oxygen atoms in total. The molecule has 2 aromatic rings. The van der Waals surface area contributed by atoms with Gasteiger partial charge in [0.15, 0.2) is 20.6 Å². The van der Waals surface area contributed by atoms with E-state index in [1.54, 1.807) is 18.2 Å². The molecule has 0 aliphatic heterocycles. The number of pyridine rings is 1. The van der Waals surface area contributed by atoms with E-state index in [2.05, 4.69) is 25.7 Å². The molecule has 2 aromatic heterocycles. The van der Waals surface area contributed by atoms with Crippen molar-refractivity contribution in [3.63, 3.8) is 0 Å². The van der Waals surface area contributed by atoms with Crippen LogP contribution in [0.15, 0.2) is 27.8 Å². The van der Waals surface area contributed by atoms with Crippen LogP contribution in [-0.4, -0.2) is 37.1 Å². The molecule has 0 N–H and O–H groups in total. The highest BCUT2D eigenvalue weighted by molar-refractivity contribution is 9.10. The van der Waals surface area contributed by atoms with Crippen LogP contribution in [0.4, 0.5) is 0 Å². The van der Waals surface area contributed by atoms with E-state index in [0.29, 0.717) is 10.3 Å². The molecule has 0 amide bonds. The maximum Gasteiger partial charge on any atom is 0.358 e. The maximum absolute atomic E-state index is 11.7. The summed E-state index contributed by atoms with van der Waals surface area (Å²) in [4.78, 5) is 15.7. The lowest BCUT2D eigenvalue weighted by atomic mass is 10.4. The van der Waals surface area contributed by atoms with Crippen LogP contribution in [0.1, 0.15) is 10.5 Å². The normalized spacial score (nSPS) is 11.7. The van der Waals surface area contributed by atoms with Gasteiger partial charge in [-0.2, -0.15) is 0 Å². The summed E-state index contributed by atoms with van der Waals surface area (Å²) in [5, 5.41) is -0.291. The second-order valence-electron chi connectivity index (χ2n) is 3.57. The fraction of sp³-hybridized carbons (Fsp3) is 0.200. The van der Waals surface area contributed by atoms with Gasteiger partial charge in [0.25, 0.3) is 0 Å². The SMILES string of the molecule is COC(=O)c1c(S(C)(=O)=O)nc2cccc(Br)n12. The molecular weight excluding hydrogens is 324 g/mol. The summed E-state index contributed by atoms with van der Waals surface area (Å²) in [7, 11) is -2.44. The zero-order chi connectivity index (χ0) is 13.5. The minimum absolute atomic E-state index is 0.109. The van der Waals surface area contributed by atoms with E-state index in [-0.39, 0.29) is 10.7 Å². The molecule has 18 heavy (non-hydrogen) atoms. The van der Waals surface area contributed by atoms with Gasteiger partial charge in [-0.15, -0.1) is 0 Å². The molecule has 0 unspecified atom stereocenters. The van der Waals surface area contributed by atoms with Crippen molar-refractivity contribution >= 4 is 37.4 Å². The van der Waals surface area contributed by atoms with Crippen molar-refractivity contribution < 1.29 is 17.9 Å². The van der Waals surface area contributed by atoms with E-state index in [9.17, 15) is 13.2 Å². The van der Waals surface area contributed by atoms with E-state index < -0.39 is 15.8 Å². The van der Waals surface area contributed by atoms with Crippen LogP contribution < -0.4 is 0 Å². The van der Waals surface area contributed by atoms with E-state index in [1.807, 2.05) is 0 Å². The van der Waals surface area contributed by atoms with E-state index in [0.717, 1.165) is 6.26 Å². The van der Waals surface area contributed by atoms with Crippen LogP contribution in [0.25, 0.3) is 5.65 Å². The Balaban J connectivity index is 2.96. The molecule has 0 spiro atoms. The zero-order valence-electron chi connectivity index (χ0n) is 9.55. The Hall–Kier alpha value is -1.41. The first-order valence-electron chi connectivity index (χ1n) is 4.81. The lowest BCUT2D eigenvalue weighted by Gasteiger charge is -2.03. The van der Waals surface area contributed by atoms with Gasteiger partial charge in [0.05, 0.1) is 11.7 Å². The number of carbonyl (C=O) groups excluding carboxylic acids is 1. The van der Waals surface area contributed by atoms with E-state index in [1.165, 1.54) is 11.5 Å². The number of sulfone groups is 1. The Morgan fingerprint density at radius 3 is 2.67 bits per heavy atom. The first-order chi connectivity index (χ1) is 8.36. The second kappa shape index (κ2) is 4.36. The highest BCUT2D eigenvalue weighted by Gasteiger charge is 2.27. The molecule has 2 heterocycles. The lowest BCUT2D eigenvalue weighted by molar-refractivity contribution is 0.0587. The first-order valence-corrected chi connectivity index (χ1v) is 7.50. The van der Waals surface area contributed by atoms with E-state index in [4.69, 9.17) is 0 Å². The Labute approximate surface area is 112 Å². The maximum atomic E-state index is 11.7. The predicted octanol–water partition coefficient (Wildman–Crippen LogP) is 1.29. The van der Waals surface area contributed by atoms with Crippen LogP contribution in [0.3, 0.4) is 0 Å². The smallest absolute Gasteiger partial charge is 0.358 e. The molecule has 0 saturated carbocycles. The average molecular weight is 333 g/mol. The number of imidazole rings is 1. The summed E-state index contributed by atoms with van der Waals surface area (Å²) in [6.07, 6.45) is 0.995. The molecule has 8 heteroatoms. The minimum Gasteiger partial charge on any atom is -0.464 e. The van der Waals surface area contributed by atoms with Crippen LogP contribution in [0.2, 0.25) is 0 Å². The van der Waals surface area contributed by atoms with Crippen molar-refractivity contribution in [2.45, 2.75) is 5.03 Å². The number of carbonyl (C=O) groups is 1. The molecule has 0 atom stereocenters. The van der Waals surface area contributed by atoms with Gasteiger partial charge < -0.3 is 4.74 Å². The van der Waals surface area contributed by atoms with Gasteiger partial charge in [0, 0.05) is 6.26 Å². The molecular formula is C10H9BrN2O4S. The number of hydrogen-bond acceptors (Lipinski definition) is 5. The van der Waals surface area contributed by atoms with E-state index >= 15 is 0 Å². The quantitative estimate of drug-likeness (QED) is 0.611. The molecule has 0 radical (unpaired) electrons. The highest BCUT2D eigenvalue weighted by atomic mass is 79.9. The van der Waals surface area contributed by atoms with Crippen molar-refractivity contribution in [1.29, 1.82) is 0 Å². The minimum atomic E-state index is -3.62. The van der Waals surface area contributed by atoms with Crippen molar-refractivity contribution in [1.82, 2.24) is 9.38 Å². The summed E-state index contributed by atoms with van der Waals surface area (Å²) in [6.45, 7) is 0. The Kier molecular flexibility index (Phi) is 3.16. The summed E-state index contributed by atoms with van der Waals surface area (Å²) < 4.78 is 29.8. The third-order valence-corrected chi connectivity index (χ3v) is 3.90. The third kappa shape index (κ3) is 2.01. The topological polar surface area (TPSA) is 77.7 Å². The van der Waals surface area contributed by atoms with Crippen molar-refractivity contribution in [3.05, 3.63) is 28.5 Å². The van der Waals surface area contributed by atoms with Crippen LogP contribution in [0, 0.1) is 0 Å². The van der Waals surface area contributed by atoms with Gasteiger partial charge in [0.1, 0.15) is 5.65 Å². The summed E-state index contributed by atoms with van der Waals surface area (Å²) in [5.41, 5.74) is 0.243. The van der Waals surface area contributed by atoms with Crippen molar-refractivity contribution in [2.24, 2.45) is 0 Å². The molecule has 0 aliphatic carbocycles. The molecule has 96 valence electrons. The number of ether oxygens (including phenoxy) is 1. The summed E-state index contributed by atoms with van der Waals surface area (Å²) in [5.74, 6) is -0.755. The Bertz CT molecular complexity index is 736. The van der Waals surface area contributed by atoms with Crippen molar-refractivity contribution in [3.8, 4) is 0 Å². The fourth-order valence-electron chi connectivity index (χ4n) is 1.57. The fourth-order valence-corrected chi connectivity index (χ4v) is 2.86. The number of nitrogens with zero attached hydrogens (tertiary/aromatic N) is 2. The zero-order valence-corrected chi connectivity index (χ0v) is 11.9. The molecule has 0 aliphatic rings. The van der Waals surface area contributed by atoms with Gasteiger partial charge in [-0.25, -0.2) is 18.2 Å².